The first-order chi connectivity index (χ1) is 22.0. The van der Waals surface area contributed by atoms with Gasteiger partial charge in [0.25, 0.3) is 0 Å². The highest BCUT2D eigenvalue weighted by molar-refractivity contribution is 5.91. The van der Waals surface area contributed by atoms with Crippen molar-refractivity contribution >= 4 is 5.97 Å². The highest BCUT2D eigenvalue weighted by Crippen LogP contribution is 2.39. The summed E-state index contributed by atoms with van der Waals surface area (Å²) in [6, 6.07) is 15.4. The molecule has 0 amide bonds. The lowest BCUT2D eigenvalue weighted by molar-refractivity contribution is -0.151. The minimum atomic E-state index is -4.79. The maximum Gasteiger partial charge on any atom is 0.420 e. The topological polar surface area (TPSA) is 100 Å². The Kier molecular flexibility index (Phi) is 10.6. The van der Waals surface area contributed by atoms with Gasteiger partial charge in [0.2, 0.25) is 6.79 Å². The molecule has 46 heavy (non-hydrogen) atoms. The first-order valence-electron chi connectivity index (χ1n) is 14.5. The Bertz CT molecular complexity index is 1440. The van der Waals surface area contributed by atoms with Gasteiger partial charge in [0.05, 0.1) is 45.2 Å². The third-order valence-corrected chi connectivity index (χ3v) is 7.14. The van der Waals surface area contributed by atoms with Gasteiger partial charge < -0.3 is 42.6 Å². The first-order valence-corrected chi connectivity index (χ1v) is 14.5. The SMILES string of the molecule is CC1(COCOc2ccc(OCOc3ccc(OC(=O)c4ccc(OCOCC5(C)COC5)cc4)cc3C(F)(F)F)cc2)COC1. The van der Waals surface area contributed by atoms with Crippen LogP contribution in [-0.2, 0) is 25.1 Å². The van der Waals surface area contributed by atoms with Gasteiger partial charge >= 0.3 is 12.1 Å². The standard InChI is InChI=1S/C33H35F3O10/c1-31(14-38-15-31)18-40-20-42-24-5-3-23(4-6-24)30(37)46-27-11-12-29(28(13-27)33(34,35)36)45-22-44-26-9-7-25(8-10-26)43-21-41-19-32(2)16-39-17-32/h3-13H,14-22H2,1-2H3. The molecule has 2 aliphatic rings. The van der Waals surface area contributed by atoms with Crippen molar-refractivity contribution in [1.82, 2.24) is 0 Å². The summed E-state index contributed by atoms with van der Waals surface area (Å²) in [5.41, 5.74) is -0.998. The summed E-state index contributed by atoms with van der Waals surface area (Å²) in [4.78, 5) is 12.6. The summed E-state index contributed by atoms with van der Waals surface area (Å²) < 4.78 is 89.9. The Balaban J connectivity index is 1.07. The van der Waals surface area contributed by atoms with Gasteiger partial charge in [-0.2, -0.15) is 13.2 Å². The zero-order valence-corrected chi connectivity index (χ0v) is 25.4. The van der Waals surface area contributed by atoms with Crippen LogP contribution in [0.5, 0.6) is 28.7 Å². The second-order valence-corrected chi connectivity index (χ2v) is 11.8. The lowest BCUT2D eigenvalue weighted by Gasteiger charge is -2.37. The zero-order valence-electron chi connectivity index (χ0n) is 25.4. The van der Waals surface area contributed by atoms with Crippen LogP contribution in [0.2, 0.25) is 0 Å². The van der Waals surface area contributed by atoms with E-state index < -0.39 is 30.3 Å². The summed E-state index contributed by atoms with van der Waals surface area (Å²) >= 11 is 0. The van der Waals surface area contributed by atoms with Crippen molar-refractivity contribution in [3.05, 3.63) is 77.9 Å². The van der Waals surface area contributed by atoms with Gasteiger partial charge in [-0.15, -0.1) is 0 Å². The molecule has 10 nitrogen and oxygen atoms in total. The van der Waals surface area contributed by atoms with Crippen molar-refractivity contribution in [1.29, 1.82) is 0 Å². The van der Waals surface area contributed by atoms with E-state index in [1.54, 1.807) is 24.3 Å². The molecule has 5 rings (SSSR count). The van der Waals surface area contributed by atoms with Crippen LogP contribution >= 0.6 is 0 Å². The van der Waals surface area contributed by atoms with Crippen molar-refractivity contribution < 1.29 is 60.6 Å². The van der Waals surface area contributed by atoms with E-state index in [9.17, 15) is 18.0 Å². The van der Waals surface area contributed by atoms with Gasteiger partial charge in [0, 0.05) is 10.8 Å². The van der Waals surface area contributed by atoms with E-state index in [1.807, 2.05) is 6.92 Å². The van der Waals surface area contributed by atoms with E-state index >= 15 is 0 Å². The molecule has 2 aliphatic heterocycles. The van der Waals surface area contributed by atoms with Crippen LogP contribution < -0.4 is 23.7 Å². The van der Waals surface area contributed by atoms with E-state index in [0.717, 1.165) is 6.07 Å². The fourth-order valence-corrected chi connectivity index (χ4v) is 4.43. The number of carbonyl (C=O) groups is 1. The van der Waals surface area contributed by atoms with Crippen LogP contribution in [0.25, 0.3) is 0 Å². The molecule has 0 atom stereocenters. The number of esters is 1. The molecular weight excluding hydrogens is 613 g/mol. The maximum absolute atomic E-state index is 13.8. The molecular formula is C33H35F3O10. The van der Waals surface area contributed by atoms with Crippen LogP contribution in [0.3, 0.4) is 0 Å². The molecule has 0 spiro atoms. The van der Waals surface area contributed by atoms with Gasteiger partial charge in [-0.1, -0.05) is 13.8 Å². The highest BCUT2D eigenvalue weighted by atomic mass is 19.4. The molecule has 2 fully saturated rings. The minimum Gasteiger partial charge on any atom is -0.468 e. The third kappa shape index (κ3) is 9.25. The molecule has 13 heteroatoms. The Morgan fingerprint density at radius 1 is 0.674 bits per heavy atom. The van der Waals surface area contributed by atoms with E-state index in [0.29, 0.717) is 63.0 Å². The molecule has 2 heterocycles. The largest absolute Gasteiger partial charge is 0.468 e. The summed E-state index contributed by atoms with van der Waals surface area (Å²) in [6.07, 6.45) is -4.79. The number of halogens is 3. The Morgan fingerprint density at radius 3 is 1.59 bits per heavy atom. The zero-order chi connectivity index (χ0) is 32.6. The van der Waals surface area contributed by atoms with Gasteiger partial charge in [-0.05, 0) is 66.7 Å². The predicted octanol–water partition coefficient (Wildman–Crippen LogP) is 6.12. The second kappa shape index (κ2) is 14.6. The van der Waals surface area contributed by atoms with Crippen LogP contribution in [-0.4, -0.2) is 66.0 Å². The minimum absolute atomic E-state index is 0.00904. The molecule has 3 aromatic carbocycles. The van der Waals surface area contributed by atoms with Gasteiger partial charge in [0.15, 0.2) is 13.6 Å². The fourth-order valence-electron chi connectivity index (χ4n) is 4.43. The number of rotatable bonds is 16. The van der Waals surface area contributed by atoms with Crippen LogP contribution in [0.4, 0.5) is 13.2 Å². The lowest BCUT2D eigenvalue weighted by Crippen LogP contribution is -2.43. The molecule has 0 saturated carbocycles. The average molecular weight is 649 g/mol. The molecule has 0 unspecified atom stereocenters. The van der Waals surface area contributed by atoms with E-state index in [-0.39, 0.29) is 35.7 Å². The highest BCUT2D eigenvalue weighted by Gasteiger charge is 2.36. The van der Waals surface area contributed by atoms with Crippen LogP contribution in [0.15, 0.2) is 66.7 Å². The smallest absolute Gasteiger partial charge is 0.420 e. The van der Waals surface area contributed by atoms with E-state index in [2.05, 4.69) is 6.92 Å². The number of hydrogen-bond acceptors (Lipinski definition) is 10. The number of benzene rings is 3. The fraction of sp³-hybridized carbons (Fsp3) is 0.424. The van der Waals surface area contributed by atoms with Crippen molar-refractivity contribution in [2.75, 3.05) is 60.0 Å². The van der Waals surface area contributed by atoms with Crippen LogP contribution in [0.1, 0.15) is 29.8 Å². The summed E-state index contributed by atoms with van der Waals surface area (Å²) in [5.74, 6) is -0.291. The molecule has 0 aromatic heterocycles. The second-order valence-electron chi connectivity index (χ2n) is 11.8. The van der Waals surface area contributed by atoms with Crippen molar-refractivity contribution in [2.24, 2.45) is 10.8 Å². The summed E-state index contributed by atoms with van der Waals surface area (Å²) in [7, 11) is 0. The molecule has 3 aromatic rings. The molecule has 0 bridgehead atoms. The van der Waals surface area contributed by atoms with Crippen molar-refractivity contribution in [2.45, 2.75) is 20.0 Å². The van der Waals surface area contributed by atoms with Gasteiger partial charge in [0.1, 0.15) is 34.3 Å². The molecule has 0 aliphatic carbocycles. The Morgan fingerprint density at radius 2 is 1.13 bits per heavy atom. The number of carbonyl (C=O) groups excluding carboxylic acids is 1. The maximum atomic E-state index is 13.8. The first kappa shape index (κ1) is 33.3. The monoisotopic (exact) mass is 648 g/mol. The molecule has 0 radical (unpaired) electrons. The summed E-state index contributed by atoms with van der Waals surface area (Å²) in [6.45, 7) is 7.30. The van der Waals surface area contributed by atoms with Gasteiger partial charge in [-0.3, -0.25) is 0 Å². The Labute approximate surface area is 264 Å². The number of hydrogen-bond donors (Lipinski definition) is 0. The van der Waals surface area contributed by atoms with Crippen LogP contribution in [0, 0.1) is 10.8 Å². The normalized spacial score (nSPS) is 16.5. The molecule has 0 N–H and O–H groups in total. The summed E-state index contributed by atoms with van der Waals surface area (Å²) in [5, 5.41) is 0. The van der Waals surface area contributed by atoms with E-state index in [4.69, 9.17) is 42.6 Å². The van der Waals surface area contributed by atoms with E-state index in [1.165, 1.54) is 30.3 Å². The third-order valence-electron chi connectivity index (χ3n) is 7.14. The molecule has 248 valence electrons. The van der Waals surface area contributed by atoms with Gasteiger partial charge in [-0.25, -0.2) is 4.79 Å². The van der Waals surface area contributed by atoms with Crippen molar-refractivity contribution in [3.63, 3.8) is 0 Å². The quantitative estimate of drug-likeness (QED) is 0.0782. The molecule has 2 saturated heterocycles. The average Bonchev–Trinajstić information content (AvgIpc) is 3.00. The number of alkyl halides is 3. The predicted molar refractivity (Wildman–Crippen MR) is 156 cm³/mol. The van der Waals surface area contributed by atoms with Crippen molar-refractivity contribution in [3.8, 4) is 28.7 Å². The lowest BCUT2D eigenvalue weighted by atomic mass is 9.90. The number of ether oxygens (including phenoxy) is 9. The Hall–Kier alpha value is -4.04.